The number of H-pyrrole nitrogens is 1. The SMILES string of the molecule is CN(C)CCc1c[nH]c2ccc(CCC(=O)NCc3ccc(S(N)(=O)=O)cc3)cc12.O=C(O)C(=O)O. The van der Waals surface area contributed by atoms with Gasteiger partial charge in [0.15, 0.2) is 0 Å². The zero-order chi connectivity index (χ0) is 26.9. The van der Waals surface area contributed by atoms with E-state index >= 15 is 0 Å². The maximum atomic E-state index is 12.2. The summed E-state index contributed by atoms with van der Waals surface area (Å²) in [5.41, 5.74) is 4.34. The van der Waals surface area contributed by atoms with Crippen LogP contribution >= 0.6 is 0 Å². The summed E-state index contributed by atoms with van der Waals surface area (Å²) in [6.07, 6.45) is 4.08. The minimum absolute atomic E-state index is 0.0486. The van der Waals surface area contributed by atoms with E-state index in [1.807, 2.05) is 6.07 Å². The van der Waals surface area contributed by atoms with E-state index in [0.717, 1.165) is 29.6 Å². The molecule has 0 aliphatic rings. The zero-order valence-electron chi connectivity index (χ0n) is 20.0. The number of carbonyl (C=O) groups excluding carboxylic acids is 1. The summed E-state index contributed by atoms with van der Waals surface area (Å²) in [4.78, 5) is 36.0. The molecule has 0 atom stereocenters. The van der Waals surface area contributed by atoms with Crippen LogP contribution in [0.1, 0.15) is 23.1 Å². The molecule has 2 aromatic carbocycles. The van der Waals surface area contributed by atoms with Gasteiger partial charge in [0.25, 0.3) is 0 Å². The quantitative estimate of drug-likeness (QED) is 0.263. The van der Waals surface area contributed by atoms with Crippen molar-refractivity contribution in [1.29, 1.82) is 0 Å². The van der Waals surface area contributed by atoms with Crippen molar-refractivity contribution in [2.45, 2.75) is 30.7 Å². The lowest BCUT2D eigenvalue weighted by atomic mass is 10.0. The van der Waals surface area contributed by atoms with Crippen molar-refractivity contribution in [2.24, 2.45) is 5.14 Å². The van der Waals surface area contributed by atoms with Gasteiger partial charge in [0, 0.05) is 36.6 Å². The average molecular weight is 519 g/mol. The first kappa shape index (κ1) is 28.5. The molecule has 0 radical (unpaired) electrons. The highest BCUT2D eigenvalue weighted by Gasteiger charge is 2.09. The lowest BCUT2D eigenvalue weighted by Crippen LogP contribution is -2.23. The number of carboxylic acids is 2. The minimum Gasteiger partial charge on any atom is -0.473 e. The van der Waals surface area contributed by atoms with Gasteiger partial charge < -0.3 is 25.4 Å². The van der Waals surface area contributed by atoms with Crippen LogP contribution in [-0.2, 0) is 43.8 Å². The van der Waals surface area contributed by atoms with Crippen LogP contribution in [0.25, 0.3) is 10.9 Å². The molecule has 1 amide bonds. The number of carboxylic acid groups (broad SMARTS) is 2. The fourth-order valence-electron chi connectivity index (χ4n) is 3.28. The van der Waals surface area contributed by atoms with E-state index in [0.29, 0.717) is 19.4 Å². The highest BCUT2D eigenvalue weighted by atomic mass is 32.2. The van der Waals surface area contributed by atoms with Gasteiger partial charge in [0.1, 0.15) is 0 Å². The number of rotatable bonds is 9. The molecule has 0 fully saturated rings. The summed E-state index contributed by atoms with van der Waals surface area (Å²) < 4.78 is 22.6. The van der Waals surface area contributed by atoms with Gasteiger partial charge >= 0.3 is 11.9 Å². The number of amides is 1. The molecular formula is C24H30N4O7S. The molecule has 1 aromatic heterocycles. The molecule has 1 heterocycles. The van der Waals surface area contributed by atoms with Crippen LogP contribution in [0.3, 0.4) is 0 Å². The third-order valence-electron chi connectivity index (χ3n) is 5.23. The van der Waals surface area contributed by atoms with Crippen molar-refractivity contribution in [1.82, 2.24) is 15.2 Å². The Morgan fingerprint density at radius 2 is 1.58 bits per heavy atom. The fraction of sp³-hybridized carbons (Fsp3) is 0.292. The van der Waals surface area contributed by atoms with Gasteiger partial charge in [-0.25, -0.2) is 23.1 Å². The Kier molecular flexibility index (Phi) is 10.1. The second-order valence-electron chi connectivity index (χ2n) is 8.32. The Morgan fingerprint density at radius 1 is 0.972 bits per heavy atom. The number of likely N-dealkylation sites (N-methyl/N-ethyl adjacent to an activating group) is 1. The van der Waals surface area contributed by atoms with Crippen LogP contribution in [0.4, 0.5) is 0 Å². The maximum Gasteiger partial charge on any atom is 0.414 e. The van der Waals surface area contributed by atoms with Crippen LogP contribution in [0.5, 0.6) is 0 Å². The average Bonchev–Trinajstić information content (AvgIpc) is 3.22. The molecule has 0 saturated carbocycles. The number of fused-ring (bicyclic) bond motifs is 1. The lowest BCUT2D eigenvalue weighted by Gasteiger charge is -2.09. The fourth-order valence-corrected chi connectivity index (χ4v) is 3.79. The van der Waals surface area contributed by atoms with E-state index in [9.17, 15) is 13.2 Å². The Hall–Kier alpha value is -3.74. The molecular weight excluding hydrogens is 488 g/mol. The van der Waals surface area contributed by atoms with Gasteiger partial charge in [-0.15, -0.1) is 0 Å². The van der Waals surface area contributed by atoms with E-state index in [-0.39, 0.29) is 10.8 Å². The smallest absolute Gasteiger partial charge is 0.414 e. The number of aryl methyl sites for hydroxylation is 1. The molecule has 0 unspecified atom stereocenters. The number of hydrogen-bond acceptors (Lipinski definition) is 6. The molecule has 36 heavy (non-hydrogen) atoms. The van der Waals surface area contributed by atoms with Crippen molar-refractivity contribution < 1.29 is 33.0 Å². The molecule has 0 bridgehead atoms. The standard InChI is InChI=1S/C22H28N4O3S.C2H2O4/c1-26(2)12-11-18-15-24-21-9-5-16(13-20(18)21)6-10-22(27)25-14-17-3-7-19(8-4-17)30(23,28)29;3-1(4)2(5)6/h3-5,7-9,13,15,24H,6,10-12,14H2,1-2H3,(H,25,27)(H2,23,28,29);(H,3,4)(H,5,6). The summed E-state index contributed by atoms with van der Waals surface area (Å²) in [7, 11) is 0.421. The van der Waals surface area contributed by atoms with Gasteiger partial charge in [-0.1, -0.05) is 18.2 Å². The molecule has 11 nitrogen and oxygen atoms in total. The van der Waals surface area contributed by atoms with Crippen LogP contribution in [0.15, 0.2) is 53.6 Å². The molecule has 194 valence electrons. The van der Waals surface area contributed by atoms with Crippen LogP contribution in [0, 0.1) is 0 Å². The number of benzene rings is 2. The molecule has 3 rings (SSSR count). The van der Waals surface area contributed by atoms with Gasteiger partial charge in [-0.05, 0) is 67.9 Å². The minimum atomic E-state index is -3.70. The van der Waals surface area contributed by atoms with Gasteiger partial charge in [0.05, 0.1) is 4.90 Å². The number of hydrogen-bond donors (Lipinski definition) is 5. The number of primary sulfonamides is 1. The largest absolute Gasteiger partial charge is 0.473 e. The highest BCUT2D eigenvalue weighted by Crippen LogP contribution is 2.21. The first-order chi connectivity index (χ1) is 16.9. The topological polar surface area (TPSA) is 183 Å². The third-order valence-corrected chi connectivity index (χ3v) is 6.15. The number of aliphatic carboxylic acids is 2. The Bertz CT molecular complexity index is 1300. The summed E-state index contributed by atoms with van der Waals surface area (Å²) in [6.45, 7) is 1.33. The second kappa shape index (κ2) is 12.8. The number of sulfonamides is 1. The molecule has 0 saturated heterocycles. The van der Waals surface area contributed by atoms with E-state index in [1.54, 1.807) is 12.1 Å². The number of aromatic amines is 1. The molecule has 0 spiro atoms. The van der Waals surface area contributed by atoms with Crippen molar-refractivity contribution in [3.8, 4) is 0 Å². The third kappa shape index (κ3) is 9.13. The Labute approximate surface area is 209 Å². The highest BCUT2D eigenvalue weighted by molar-refractivity contribution is 7.89. The summed E-state index contributed by atoms with van der Waals surface area (Å²) in [5, 5.41) is 24.0. The van der Waals surface area contributed by atoms with E-state index < -0.39 is 22.0 Å². The number of nitrogens with one attached hydrogen (secondary N) is 2. The monoisotopic (exact) mass is 518 g/mol. The van der Waals surface area contributed by atoms with Crippen LogP contribution < -0.4 is 10.5 Å². The predicted octanol–water partition coefficient (Wildman–Crippen LogP) is 1.32. The summed E-state index contributed by atoms with van der Waals surface area (Å²) in [5.74, 6) is -3.70. The van der Waals surface area contributed by atoms with E-state index in [1.165, 1.54) is 23.1 Å². The maximum absolute atomic E-state index is 12.2. The second-order valence-corrected chi connectivity index (χ2v) is 9.88. The van der Waals surface area contributed by atoms with E-state index in [2.05, 4.69) is 47.6 Å². The molecule has 3 aromatic rings. The van der Waals surface area contributed by atoms with Crippen LogP contribution in [-0.4, -0.2) is 67.0 Å². The predicted molar refractivity (Wildman–Crippen MR) is 134 cm³/mol. The van der Waals surface area contributed by atoms with E-state index in [4.69, 9.17) is 24.9 Å². The number of aromatic nitrogens is 1. The van der Waals surface area contributed by atoms with Crippen molar-refractivity contribution >= 4 is 38.8 Å². The van der Waals surface area contributed by atoms with Gasteiger partial charge in [0.2, 0.25) is 15.9 Å². The number of nitrogens with zero attached hydrogens (tertiary/aromatic N) is 1. The van der Waals surface area contributed by atoms with Crippen LogP contribution in [0.2, 0.25) is 0 Å². The first-order valence-electron chi connectivity index (χ1n) is 10.9. The van der Waals surface area contributed by atoms with Crippen molar-refractivity contribution in [3.05, 3.63) is 65.4 Å². The summed E-state index contributed by atoms with van der Waals surface area (Å²) in [6, 6.07) is 12.5. The van der Waals surface area contributed by atoms with Gasteiger partial charge in [-0.2, -0.15) is 0 Å². The number of carbonyl (C=O) groups is 3. The number of nitrogens with two attached hydrogens (primary N) is 1. The molecule has 6 N–H and O–H groups in total. The van der Waals surface area contributed by atoms with Crippen molar-refractivity contribution in [2.75, 3.05) is 20.6 Å². The zero-order valence-corrected chi connectivity index (χ0v) is 20.8. The summed E-state index contributed by atoms with van der Waals surface area (Å²) >= 11 is 0. The molecule has 0 aliphatic heterocycles. The first-order valence-corrected chi connectivity index (χ1v) is 12.5. The Morgan fingerprint density at radius 3 is 2.14 bits per heavy atom. The molecule has 0 aliphatic carbocycles. The van der Waals surface area contributed by atoms with Crippen molar-refractivity contribution in [3.63, 3.8) is 0 Å². The van der Waals surface area contributed by atoms with Gasteiger partial charge in [-0.3, -0.25) is 4.79 Å². The lowest BCUT2D eigenvalue weighted by molar-refractivity contribution is -0.159. The normalized spacial score (nSPS) is 11.1. The molecule has 12 heteroatoms. The Balaban J connectivity index is 0.000000678.